The molecule has 0 saturated carbocycles. The first-order valence-electron chi connectivity index (χ1n) is 5.67. The fraction of sp³-hybridized carbons (Fsp3) is 0.583. The fourth-order valence-electron chi connectivity index (χ4n) is 2.12. The summed E-state index contributed by atoms with van der Waals surface area (Å²) in [5.74, 6) is 0.705. The Morgan fingerprint density at radius 3 is 3.06 bits per heavy atom. The summed E-state index contributed by atoms with van der Waals surface area (Å²) in [4.78, 5) is 15.4. The van der Waals surface area contributed by atoms with Crippen LogP contribution in [0, 0.1) is 5.92 Å². The summed E-state index contributed by atoms with van der Waals surface area (Å²) in [6.45, 7) is 4.93. The Labute approximate surface area is 109 Å². The smallest absolute Gasteiger partial charge is 0.138 e. The molecule has 1 aliphatic rings. The van der Waals surface area contributed by atoms with Crippen LogP contribution in [-0.4, -0.2) is 23.8 Å². The molecule has 2 rings (SSSR count). The fourth-order valence-corrected chi connectivity index (χ4v) is 3.64. The summed E-state index contributed by atoms with van der Waals surface area (Å²) in [5.41, 5.74) is 0. The van der Waals surface area contributed by atoms with Crippen molar-refractivity contribution in [1.29, 1.82) is 0 Å². The van der Waals surface area contributed by atoms with Crippen molar-refractivity contribution in [3.63, 3.8) is 0 Å². The maximum absolute atomic E-state index is 11.6. The molecule has 0 aromatic carbocycles. The Hall–Kier alpha value is -0.190. The second-order valence-electron chi connectivity index (χ2n) is 4.25. The lowest BCUT2D eigenvalue weighted by molar-refractivity contribution is -0.126. The number of thiophene rings is 1. The highest BCUT2D eigenvalue weighted by Gasteiger charge is 2.25. The van der Waals surface area contributed by atoms with Gasteiger partial charge >= 0.3 is 0 Å². The number of carbonyl (C=O) groups is 1. The van der Waals surface area contributed by atoms with Crippen LogP contribution in [0.3, 0.4) is 0 Å². The number of hydrogen-bond donors (Lipinski definition) is 0. The van der Waals surface area contributed by atoms with Crippen LogP contribution in [0.25, 0.3) is 0 Å². The highest BCUT2D eigenvalue weighted by molar-refractivity contribution is 9.10. The van der Waals surface area contributed by atoms with Crippen molar-refractivity contribution in [3.05, 3.63) is 20.8 Å². The normalized spacial score (nSPS) is 22.6. The molecule has 1 atom stereocenters. The molecular formula is C12H16BrNOS. The summed E-state index contributed by atoms with van der Waals surface area (Å²) >= 11 is 5.33. The number of carbonyl (C=O) groups excluding carboxylic acids is 1. The highest BCUT2D eigenvalue weighted by Crippen LogP contribution is 2.26. The van der Waals surface area contributed by atoms with Gasteiger partial charge in [0, 0.05) is 41.3 Å². The molecule has 0 radical (unpaired) electrons. The average molecular weight is 302 g/mol. The van der Waals surface area contributed by atoms with E-state index < -0.39 is 0 Å². The second kappa shape index (κ2) is 5.43. The summed E-state index contributed by atoms with van der Waals surface area (Å²) in [6.07, 6.45) is 1.70. The molecule has 1 aromatic heterocycles. The van der Waals surface area contributed by atoms with Gasteiger partial charge in [0.2, 0.25) is 0 Å². The molecule has 1 aromatic rings. The first-order valence-corrected chi connectivity index (χ1v) is 7.35. The Morgan fingerprint density at radius 1 is 1.62 bits per heavy atom. The molecule has 88 valence electrons. The second-order valence-corrected chi connectivity index (χ2v) is 6.10. The number of ketones is 1. The van der Waals surface area contributed by atoms with Crippen LogP contribution < -0.4 is 0 Å². The van der Waals surface area contributed by atoms with Gasteiger partial charge in [-0.25, -0.2) is 0 Å². The van der Waals surface area contributed by atoms with Crippen molar-refractivity contribution in [1.82, 2.24) is 4.90 Å². The molecule has 4 heteroatoms. The van der Waals surface area contributed by atoms with Crippen molar-refractivity contribution >= 4 is 33.0 Å². The van der Waals surface area contributed by atoms with E-state index in [0.717, 1.165) is 32.5 Å². The maximum Gasteiger partial charge on any atom is 0.138 e. The van der Waals surface area contributed by atoms with Crippen LogP contribution in [0.4, 0.5) is 0 Å². The van der Waals surface area contributed by atoms with E-state index in [1.807, 2.05) is 0 Å². The first kappa shape index (κ1) is 12.3. The lowest BCUT2D eigenvalue weighted by Gasteiger charge is -2.30. The zero-order valence-electron chi connectivity index (χ0n) is 9.41. The largest absolute Gasteiger partial charge is 0.299 e. The summed E-state index contributed by atoms with van der Waals surface area (Å²) in [6, 6.07) is 2.09. The maximum atomic E-state index is 11.6. The highest BCUT2D eigenvalue weighted by atomic mass is 79.9. The minimum Gasteiger partial charge on any atom is -0.299 e. The Kier molecular flexibility index (Phi) is 4.16. The molecule has 2 nitrogen and oxygen atoms in total. The number of nitrogens with zero attached hydrogens (tertiary/aromatic N) is 1. The first-order chi connectivity index (χ1) is 7.70. The minimum absolute atomic E-state index is 0.257. The summed E-state index contributed by atoms with van der Waals surface area (Å²) in [5, 5.41) is 2.10. The van der Waals surface area contributed by atoms with Gasteiger partial charge in [-0.1, -0.05) is 6.92 Å². The van der Waals surface area contributed by atoms with Gasteiger partial charge in [-0.3, -0.25) is 9.69 Å². The van der Waals surface area contributed by atoms with E-state index in [1.165, 1.54) is 9.35 Å². The Balaban J connectivity index is 1.97. The van der Waals surface area contributed by atoms with Gasteiger partial charge < -0.3 is 0 Å². The minimum atomic E-state index is 0.257. The zero-order valence-corrected chi connectivity index (χ0v) is 11.8. The van der Waals surface area contributed by atoms with Crippen molar-refractivity contribution in [3.8, 4) is 0 Å². The summed E-state index contributed by atoms with van der Waals surface area (Å²) in [7, 11) is 0. The number of likely N-dealkylation sites (tertiary alicyclic amines) is 1. The Morgan fingerprint density at radius 2 is 2.44 bits per heavy atom. The topological polar surface area (TPSA) is 20.3 Å². The molecule has 16 heavy (non-hydrogen) atoms. The molecule has 0 spiro atoms. The number of piperidine rings is 1. The van der Waals surface area contributed by atoms with Gasteiger partial charge in [-0.2, -0.15) is 0 Å². The van der Waals surface area contributed by atoms with Gasteiger partial charge in [0.25, 0.3) is 0 Å². The van der Waals surface area contributed by atoms with Gasteiger partial charge in [-0.05, 0) is 33.8 Å². The van der Waals surface area contributed by atoms with Crippen LogP contribution in [0.1, 0.15) is 24.6 Å². The van der Waals surface area contributed by atoms with Crippen molar-refractivity contribution in [2.45, 2.75) is 26.3 Å². The van der Waals surface area contributed by atoms with Gasteiger partial charge in [0.05, 0.1) is 0 Å². The lowest BCUT2D eigenvalue weighted by Crippen LogP contribution is -2.39. The van der Waals surface area contributed by atoms with E-state index >= 15 is 0 Å². The zero-order chi connectivity index (χ0) is 11.5. The molecule has 0 N–H and O–H groups in total. The van der Waals surface area contributed by atoms with Crippen LogP contribution in [0.2, 0.25) is 0 Å². The standard InChI is InChI=1S/C12H16BrNOS/c1-2-9-7-14(5-3-11(9)15)8-12-10(13)4-6-16-12/h4,6,9H,2-3,5,7-8H2,1H3. The molecule has 2 heterocycles. The van der Waals surface area contributed by atoms with Crippen LogP contribution in [0.5, 0.6) is 0 Å². The Bertz CT molecular complexity index is 377. The van der Waals surface area contributed by atoms with E-state index in [0.29, 0.717) is 5.78 Å². The van der Waals surface area contributed by atoms with Crippen molar-refractivity contribution in [2.24, 2.45) is 5.92 Å². The molecule has 0 aliphatic carbocycles. The predicted octanol–water partition coefficient (Wildman–Crippen LogP) is 3.31. The van der Waals surface area contributed by atoms with E-state index in [4.69, 9.17) is 0 Å². The number of halogens is 1. The van der Waals surface area contributed by atoms with Crippen molar-refractivity contribution < 1.29 is 4.79 Å². The molecule has 0 bridgehead atoms. The third-order valence-electron chi connectivity index (χ3n) is 3.16. The molecule has 1 unspecified atom stereocenters. The van der Waals surface area contributed by atoms with Gasteiger partial charge in [0.15, 0.2) is 0 Å². The van der Waals surface area contributed by atoms with E-state index in [1.54, 1.807) is 11.3 Å². The van der Waals surface area contributed by atoms with E-state index in [9.17, 15) is 4.79 Å². The number of hydrogen-bond acceptors (Lipinski definition) is 3. The number of Topliss-reactive ketones (excluding diaryl/α,β-unsaturated/α-hetero) is 1. The van der Waals surface area contributed by atoms with Gasteiger partial charge in [-0.15, -0.1) is 11.3 Å². The molecular weight excluding hydrogens is 286 g/mol. The lowest BCUT2D eigenvalue weighted by atomic mass is 9.94. The van der Waals surface area contributed by atoms with Crippen LogP contribution >= 0.6 is 27.3 Å². The molecule has 0 amide bonds. The molecule has 1 fully saturated rings. The van der Waals surface area contributed by atoms with E-state index in [2.05, 4.69) is 39.2 Å². The quantitative estimate of drug-likeness (QED) is 0.854. The number of rotatable bonds is 3. The third-order valence-corrected chi connectivity index (χ3v) is 5.07. The summed E-state index contributed by atoms with van der Waals surface area (Å²) < 4.78 is 1.20. The average Bonchev–Trinajstić information content (AvgIpc) is 2.67. The van der Waals surface area contributed by atoms with Crippen LogP contribution in [-0.2, 0) is 11.3 Å². The van der Waals surface area contributed by atoms with E-state index in [-0.39, 0.29) is 5.92 Å². The van der Waals surface area contributed by atoms with Crippen molar-refractivity contribution in [2.75, 3.05) is 13.1 Å². The monoisotopic (exact) mass is 301 g/mol. The third kappa shape index (κ3) is 2.73. The molecule has 1 saturated heterocycles. The van der Waals surface area contributed by atoms with Gasteiger partial charge in [0.1, 0.15) is 5.78 Å². The molecule has 1 aliphatic heterocycles. The predicted molar refractivity (Wildman–Crippen MR) is 70.7 cm³/mol. The SMILES string of the molecule is CCC1CN(Cc2sccc2Br)CCC1=O. The van der Waals surface area contributed by atoms with Crippen LogP contribution in [0.15, 0.2) is 15.9 Å².